The van der Waals surface area contributed by atoms with Crippen LogP contribution in [0.5, 0.6) is 0 Å². The van der Waals surface area contributed by atoms with Crippen molar-refractivity contribution < 1.29 is 0 Å². The molecule has 0 unspecified atom stereocenters. The lowest BCUT2D eigenvalue weighted by atomic mass is 9.82. The molecule has 1 aliphatic rings. The van der Waals surface area contributed by atoms with Crippen LogP contribution < -0.4 is 4.90 Å². The molecule has 5 aromatic carbocycles. The number of hydrogen-bond acceptors (Lipinski definition) is 1. The Kier molecular flexibility index (Phi) is 6.51. The monoisotopic (exact) mass is 601 g/mol. The molecule has 0 atom stereocenters. The second-order valence-electron chi connectivity index (χ2n) is 14.1. The average molecular weight is 603 g/mol. The number of rotatable bonds is 3. The van der Waals surface area contributed by atoms with Gasteiger partial charge in [-0.2, -0.15) is 0 Å². The summed E-state index contributed by atoms with van der Waals surface area (Å²) in [6, 6.07) is 36.4. The molecule has 0 bridgehead atoms. The molecular weight excluding hydrogens is 562 g/mol. The standard InChI is InChI=1S/C39H40BrN/c1-37(2,3)25-13-17-27(18-14-25)41(28-19-15-26(16-20-28)38(4,5)6)29-21-22-32-33(23-29)39(7,8)34-24-35(40)30-11-9-10-12-31(30)36(32)34/h9-24H,1-8H3. The van der Waals surface area contributed by atoms with Crippen LogP contribution in [-0.4, -0.2) is 0 Å². The molecule has 2 heteroatoms. The molecule has 0 saturated heterocycles. The summed E-state index contributed by atoms with van der Waals surface area (Å²) in [5.41, 5.74) is 11.8. The van der Waals surface area contributed by atoms with Crippen molar-refractivity contribution >= 4 is 43.8 Å². The van der Waals surface area contributed by atoms with E-state index in [0.29, 0.717) is 0 Å². The molecule has 208 valence electrons. The maximum absolute atomic E-state index is 3.88. The van der Waals surface area contributed by atoms with Crippen molar-refractivity contribution in [2.45, 2.75) is 71.6 Å². The zero-order valence-electron chi connectivity index (χ0n) is 25.6. The van der Waals surface area contributed by atoms with Crippen molar-refractivity contribution in [3.8, 4) is 11.1 Å². The molecule has 0 aromatic heterocycles. The molecule has 0 radical (unpaired) electrons. The molecule has 0 N–H and O–H groups in total. The Balaban J connectivity index is 1.53. The van der Waals surface area contributed by atoms with E-state index in [0.717, 1.165) is 4.47 Å². The maximum atomic E-state index is 3.88. The molecule has 5 aromatic rings. The smallest absolute Gasteiger partial charge is 0.0465 e. The van der Waals surface area contributed by atoms with Crippen LogP contribution in [0.4, 0.5) is 17.1 Å². The second-order valence-corrected chi connectivity index (χ2v) is 15.0. The molecule has 0 saturated carbocycles. The van der Waals surface area contributed by atoms with Gasteiger partial charge in [-0.1, -0.05) is 126 Å². The quantitative estimate of drug-likeness (QED) is 0.199. The van der Waals surface area contributed by atoms with Crippen LogP contribution >= 0.6 is 15.9 Å². The van der Waals surface area contributed by atoms with Gasteiger partial charge in [0.2, 0.25) is 0 Å². The summed E-state index contributed by atoms with van der Waals surface area (Å²) in [6.45, 7) is 18.4. The lowest BCUT2D eigenvalue weighted by Gasteiger charge is -2.29. The van der Waals surface area contributed by atoms with Crippen molar-refractivity contribution in [2.75, 3.05) is 4.90 Å². The van der Waals surface area contributed by atoms with E-state index in [-0.39, 0.29) is 16.2 Å². The Morgan fingerprint density at radius 1 is 0.561 bits per heavy atom. The van der Waals surface area contributed by atoms with Gasteiger partial charge in [-0.05, 0) is 97.4 Å². The van der Waals surface area contributed by atoms with Gasteiger partial charge in [0.1, 0.15) is 0 Å². The fourth-order valence-corrected chi connectivity index (χ4v) is 6.91. The number of halogens is 1. The SMILES string of the molecule is CC(C)(C)c1ccc(N(c2ccc(C(C)(C)C)cc2)c2ccc3c(c2)C(C)(C)c2cc(Br)c4ccccc4c2-3)cc1. The van der Waals surface area contributed by atoms with Gasteiger partial charge < -0.3 is 4.90 Å². The molecule has 1 aliphatic carbocycles. The normalized spacial score (nSPS) is 14.2. The summed E-state index contributed by atoms with van der Waals surface area (Å²) in [6.07, 6.45) is 0. The van der Waals surface area contributed by atoms with Gasteiger partial charge in [0, 0.05) is 26.9 Å². The van der Waals surface area contributed by atoms with Crippen molar-refractivity contribution in [2.24, 2.45) is 0 Å². The zero-order chi connectivity index (χ0) is 29.3. The third-order valence-electron chi connectivity index (χ3n) is 8.85. The molecule has 0 aliphatic heterocycles. The molecule has 41 heavy (non-hydrogen) atoms. The highest BCUT2D eigenvalue weighted by atomic mass is 79.9. The van der Waals surface area contributed by atoms with Gasteiger partial charge in [-0.25, -0.2) is 0 Å². The molecular formula is C39H40BrN. The third-order valence-corrected chi connectivity index (χ3v) is 9.51. The lowest BCUT2D eigenvalue weighted by Crippen LogP contribution is -2.17. The van der Waals surface area contributed by atoms with Crippen LogP contribution in [0.3, 0.4) is 0 Å². The van der Waals surface area contributed by atoms with Gasteiger partial charge in [0.05, 0.1) is 0 Å². The Morgan fingerprint density at radius 3 is 1.56 bits per heavy atom. The minimum absolute atomic E-state index is 0.109. The first-order valence-corrected chi connectivity index (χ1v) is 15.4. The highest BCUT2D eigenvalue weighted by molar-refractivity contribution is 9.10. The maximum Gasteiger partial charge on any atom is 0.0465 e. The number of anilines is 3. The number of hydrogen-bond donors (Lipinski definition) is 0. The van der Waals surface area contributed by atoms with E-state index in [4.69, 9.17) is 0 Å². The van der Waals surface area contributed by atoms with E-state index in [1.54, 1.807) is 0 Å². The predicted molar refractivity (Wildman–Crippen MR) is 181 cm³/mol. The molecule has 0 spiro atoms. The van der Waals surface area contributed by atoms with E-state index < -0.39 is 0 Å². The summed E-state index contributed by atoms with van der Waals surface area (Å²) in [5, 5.41) is 2.57. The van der Waals surface area contributed by atoms with Crippen molar-refractivity contribution in [3.05, 3.63) is 124 Å². The Bertz CT molecular complexity index is 1700. The largest absolute Gasteiger partial charge is 0.310 e. The van der Waals surface area contributed by atoms with Crippen LogP contribution in [0.15, 0.2) is 102 Å². The van der Waals surface area contributed by atoms with Crippen molar-refractivity contribution in [3.63, 3.8) is 0 Å². The predicted octanol–water partition coefficient (Wildman–Crippen LogP) is 12.0. The van der Waals surface area contributed by atoms with Crippen molar-refractivity contribution in [1.82, 2.24) is 0 Å². The van der Waals surface area contributed by atoms with E-state index in [9.17, 15) is 0 Å². The zero-order valence-corrected chi connectivity index (χ0v) is 27.1. The minimum atomic E-state index is -0.120. The first-order valence-electron chi connectivity index (χ1n) is 14.6. The fourth-order valence-electron chi connectivity index (χ4n) is 6.33. The highest BCUT2D eigenvalue weighted by Gasteiger charge is 2.37. The highest BCUT2D eigenvalue weighted by Crippen LogP contribution is 2.54. The topological polar surface area (TPSA) is 3.24 Å². The Morgan fingerprint density at radius 2 is 1.05 bits per heavy atom. The van der Waals surface area contributed by atoms with Gasteiger partial charge in [0.25, 0.3) is 0 Å². The van der Waals surface area contributed by atoms with Gasteiger partial charge in [-0.3, -0.25) is 0 Å². The van der Waals surface area contributed by atoms with E-state index in [1.165, 1.54) is 61.2 Å². The van der Waals surface area contributed by atoms with Crippen LogP contribution in [-0.2, 0) is 16.2 Å². The third kappa shape index (κ3) is 4.71. The summed E-state index contributed by atoms with van der Waals surface area (Å²) >= 11 is 3.88. The van der Waals surface area contributed by atoms with Gasteiger partial charge >= 0.3 is 0 Å². The molecule has 1 nitrogen and oxygen atoms in total. The van der Waals surface area contributed by atoms with Gasteiger partial charge in [0.15, 0.2) is 0 Å². The number of fused-ring (bicyclic) bond motifs is 5. The number of benzene rings is 5. The molecule has 0 amide bonds. The Hall–Kier alpha value is -3.36. The first kappa shape index (κ1) is 27.8. The van der Waals surface area contributed by atoms with E-state index >= 15 is 0 Å². The van der Waals surface area contributed by atoms with E-state index in [2.05, 4.69) is 173 Å². The molecule has 0 fully saturated rings. The van der Waals surface area contributed by atoms with Gasteiger partial charge in [-0.15, -0.1) is 0 Å². The van der Waals surface area contributed by atoms with Crippen LogP contribution in [0.2, 0.25) is 0 Å². The fraction of sp³-hybridized carbons (Fsp3) is 0.282. The second kappa shape index (κ2) is 9.60. The summed E-state index contributed by atoms with van der Waals surface area (Å²) in [4.78, 5) is 2.41. The number of nitrogens with zero attached hydrogens (tertiary/aromatic N) is 1. The van der Waals surface area contributed by atoms with E-state index in [1.807, 2.05) is 0 Å². The molecule has 0 heterocycles. The van der Waals surface area contributed by atoms with Crippen molar-refractivity contribution in [1.29, 1.82) is 0 Å². The Labute approximate surface area is 254 Å². The first-order chi connectivity index (χ1) is 19.3. The van der Waals surface area contributed by atoms with Crippen LogP contribution in [0.1, 0.15) is 77.6 Å². The lowest BCUT2D eigenvalue weighted by molar-refractivity contribution is 0.590. The van der Waals surface area contributed by atoms with Crippen LogP contribution in [0.25, 0.3) is 21.9 Å². The summed E-state index contributed by atoms with van der Waals surface area (Å²) in [7, 11) is 0. The average Bonchev–Trinajstić information content (AvgIpc) is 3.15. The molecule has 6 rings (SSSR count). The minimum Gasteiger partial charge on any atom is -0.310 e. The van der Waals surface area contributed by atoms with Crippen LogP contribution in [0, 0.1) is 0 Å². The summed E-state index contributed by atoms with van der Waals surface area (Å²) < 4.78 is 1.16. The summed E-state index contributed by atoms with van der Waals surface area (Å²) in [5.74, 6) is 0.